The summed E-state index contributed by atoms with van der Waals surface area (Å²) in [5, 5.41) is 0.428. The van der Waals surface area contributed by atoms with Crippen LogP contribution in [0.1, 0.15) is 12.5 Å². The van der Waals surface area contributed by atoms with Gasteiger partial charge in [-0.1, -0.05) is 24.6 Å². The van der Waals surface area contributed by atoms with Gasteiger partial charge >= 0.3 is 0 Å². The number of hydrogen-bond acceptors (Lipinski definition) is 6. The van der Waals surface area contributed by atoms with Gasteiger partial charge in [0.15, 0.2) is 27.3 Å². The van der Waals surface area contributed by atoms with Crippen molar-refractivity contribution in [1.82, 2.24) is 24.5 Å². The molecule has 0 amide bonds. The fourth-order valence-corrected chi connectivity index (χ4v) is 3.65. The van der Waals surface area contributed by atoms with Crippen LogP contribution in [0.2, 0.25) is 5.15 Å². The molecule has 3 rings (SSSR count). The average molecular weight is 430 g/mol. The summed E-state index contributed by atoms with van der Waals surface area (Å²) in [5.41, 5.74) is 8.22. The van der Waals surface area contributed by atoms with Gasteiger partial charge in [-0.2, -0.15) is 0 Å². The van der Waals surface area contributed by atoms with Gasteiger partial charge in [0.2, 0.25) is 0 Å². The molecular formula is C14H15BrClN6OP. The maximum atomic E-state index is 12.6. The molecule has 7 nitrogen and oxygen atoms in total. The Morgan fingerprint density at radius 3 is 2.71 bits per heavy atom. The molecule has 0 saturated heterocycles. The second-order valence-corrected chi connectivity index (χ2v) is 9.79. The lowest BCUT2D eigenvalue weighted by atomic mass is 10.3. The number of nitrogens with zero attached hydrogens (tertiary/aromatic N) is 5. The van der Waals surface area contributed by atoms with Crippen molar-refractivity contribution in [2.24, 2.45) is 0 Å². The Morgan fingerprint density at radius 1 is 1.33 bits per heavy atom. The van der Waals surface area contributed by atoms with Crippen LogP contribution in [0.5, 0.6) is 0 Å². The Hall–Kier alpha value is -1.50. The molecule has 3 heterocycles. The van der Waals surface area contributed by atoms with E-state index < -0.39 is 7.14 Å². The summed E-state index contributed by atoms with van der Waals surface area (Å²) >= 11 is 9.24. The standard InChI is InChI=1S/C14H15BrClN6OP/c1-3-24(2,23)14-20-11(17)10-12(21-14)22(13(15)19-10)7-8-4-5-9(16)18-6-8/h4-6H,3,7H2,1-2H3,(H2,17,20,21)/t24-/m0/s1. The van der Waals surface area contributed by atoms with Crippen molar-refractivity contribution in [3.8, 4) is 0 Å². The molecule has 0 aliphatic carbocycles. The summed E-state index contributed by atoms with van der Waals surface area (Å²) in [7, 11) is -2.65. The first-order chi connectivity index (χ1) is 11.3. The number of nitrogens with two attached hydrogens (primary N) is 1. The van der Waals surface area contributed by atoms with Crippen molar-refractivity contribution < 1.29 is 4.57 Å². The average Bonchev–Trinajstić information content (AvgIpc) is 2.86. The largest absolute Gasteiger partial charge is 0.382 e. The molecule has 0 aliphatic heterocycles. The Bertz CT molecular complexity index is 958. The highest BCUT2D eigenvalue weighted by Crippen LogP contribution is 2.38. The van der Waals surface area contributed by atoms with Crippen molar-refractivity contribution in [2.75, 3.05) is 18.6 Å². The molecule has 0 aliphatic rings. The molecule has 0 fully saturated rings. The summed E-state index contributed by atoms with van der Waals surface area (Å²) in [6.45, 7) is 3.97. The van der Waals surface area contributed by atoms with E-state index in [1.165, 1.54) is 0 Å². The van der Waals surface area contributed by atoms with Gasteiger partial charge in [-0.3, -0.25) is 4.57 Å². The van der Waals surface area contributed by atoms with Crippen molar-refractivity contribution in [1.29, 1.82) is 0 Å². The van der Waals surface area contributed by atoms with Gasteiger partial charge in [0.1, 0.15) is 12.3 Å². The van der Waals surface area contributed by atoms with Gasteiger partial charge in [0.25, 0.3) is 0 Å². The minimum Gasteiger partial charge on any atom is -0.382 e. The van der Waals surface area contributed by atoms with Crippen LogP contribution in [-0.4, -0.2) is 37.3 Å². The highest BCUT2D eigenvalue weighted by atomic mass is 79.9. The zero-order valence-electron chi connectivity index (χ0n) is 13.1. The first-order valence-corrected chi connectivity index (χ1v) is 10.7. The van der Waals surface area contributed by atoms with Crippen LogP contribution in [0.4, 0.5) is 5.82 Å². The normalized spacial score (nSPS) is 14.0. The number of pyridine rings is 1. The molecule has 3 aromatic rings. The van der Waals surface area contributed by atoms with E-state index in [-0.39, 0.29) is 11.4 Å². The minimum absolute atomic E-state index is 0.221. The van der Waals surface area contributed by atoms with Crippen LogP contribution in [0.3, 0.4) is 0 Å². The van der Waals surface area contributed by atoms with Crippen LogP contribution in [0.15, 0.2) is 23.1 Å². The quantitative estimate of drug-likeness (QED) is 0.389. The first kappa shape index (κ1) is 17.3. The lowest BCUT2D eigenvalue weighted by molar-refractivity contribution is 0.584. The number of nitrogen functional groups attached to an aromatic ring is 1. The second-order valence-electron chi connectivity index (χ2n) is 5.45. The zero-order valence-corrected chi connectivity index (χ0v) is 16.3. The van der Waals surface area contributed by atoms with E-state index in [9.17, 15) is 4.57 Å². The van der Waals surface area contributed by atoms with Crippen molar-refractivity contribution in [3.63, 3.8) is 0 Å². The molecule has 126 valence electrons. The highest BCUT2D eigenvalue weighted by molar-refractivity contribution is 9.10. The molecular weight excluding hydrogens is 415 g/mol. The number of rotatable bonds is 4. The third-order valence-electron chi connectivity index (χ3n) is 3.72. The minimum atomic E-state index is -2.65. The maximum Gasteiger partial charge on any atom is 0.192 e. The van der Waals surface area contributed by atoms with Crippen LogP contribution >= 0.6 is 34.7 Å². The van der Waals surface area contributed by atoms with Crippen LogP contribution in [0, 0.1) is 0 Å². The SMILES string of the molecule is CC[P@](C)(=O)c1nc(N)c2nc(Br)n(Cc3ccc(Cl)nc3)c2n1. The van der Waals surface area contributed by atoms with E-state index in [2.05, 4.69) is 35.9 Å². The predicted octanol–water partition coefficient (Wildman–Crippen LogP) is 2.91. The van der Waals surface area contributed by atoms with Crippen LogP contribution in [0.25, 0.3) is 11.2 Å². The molecule has 0 bridgehead atoms. The summed E-state index contributed by atoms with van der Waals surface area (Å²) in [6.07, 6.45) is 2.15. The smallest absolute Gasteiger partial charge is 0.192 e. The monoisotopic (exact) mass is 428 g/mol. The van der Waals surface area contributed by atoms with Gasteiger partial charge in [-0.25, -0.2) is 19.9 Å². The fraction of sp³-hybridized carbons (Fsp3) is 0.286. The van der Waals surface area contributed by atoms with Crippen molar-refractivity contribution in [2.45, 2.75) is 13.5 Å². The lowest BCUT2D eigenvalue weighted by Crippen LogP contribution is -2.18. The van der Waals surface area contributed by atoms with Crippen molar-refractivity contribution >= 4 is 57.2 Å². The van der Waals surface area contributed by atoms with Gasteiger partial charge in [-0.15, -0.1) is 0 Å². The van der Waals surface area contributed by atoms with E-state index in [0.717, 1.165) is 5.56 Å². The topological polar surface area (TPSA) is 99.6 Å². The van der Waals surface area contributed by atoms with Gasteiger partial charge in [0, 0.05) is 12.4 Å². The van der Waals surface area contributed by atoms with E-state index in [0.29, 0.717) is 33.8 Å². The number of hydrogen-bond donors (Lipinski definition) is 1. The fourth-order valence-electron chi connectivity index (χ4n) is 2.16. The summed E-state index contributed by atoms with van der Waals surface area (Å²) in [4.78, 5) is 17.1. The van der Waals surface area contributed by atoms with E-state index >= 15 is 0 Å². The van der Waals surface area contributed by atoms with E-state index in [1.807, 2.05) is 17.6 Å². The summed E-state index contributed by atoms with van der Waals surface area (Å²) < 4.78 is 15.0. The molecule has 0 unspecified atom stereocenters. The van der Waals surface area contributed by atoms with E-state index in [4.69, 9.17) is 17.3 Å². The predicted molar refractivity (Wildman–Crippen MR) is 99.5 cm³/mol. The van der Waals surface area contributed by atoms with Gasteiger partial charge in [0.05, 0.1) is 6.54 Å². The van der Waals surface area contributed by atoms with Crippen LogP contribution < -0.4 is 11.3 Å². The first-order valence-electron chi connectivity index (χ1n) is 7.18. The molecule has 0 aromatic carbocycles. The van der Waals surface area contributed by atoms with Gasteiger partial charge in [-0.05, 0) is 34.2 Å². The third kappa shape index (κ3) is 3.18. The Morgan fingerprint density at radius 2 is 2.08 bits per heavy atom. The van der Waals surface area contributed by atoms with Gasteiger partial charge < -0.3 is 10.3 Å². The summed E-state index contributed by atoms with van der Waals surface area (Å²) in [6, 6.07) is 3.59. The molecule has 0 saturated carbocycles. The Labute approximate surface area is 152 Å². The molecule has 10 heteroatoms. The number of imidazole rings is 1. The second kappa shape index (κ2) is 6.43. The Balaban J connectivity index is 2.15. The highest BCUT2D eigenvalue weighted by Gasteiger charge is 2.23. The molecule has 24 heavy (non-hydrogen) atoms. The lowest BCUT2D eigenvalue weighted by Gasteiger charge is -2.11. The number of halogens is 2. The van der Waals surface area contributed by atoms with Crippen LogP contribution in [-0.2, 0) is 11.1 Å². The molecule has 0 radical (unpaired) electrons. The Kier molecular flexibility index (Phi) is 4.64. The molecule has 1 atom stereocenters. The van der Waals surface area contributed by atoms with Crippen molar-refractivity contribution in [3.05, 3.63) is 33.8 Å². The number of fused-ring (bicyclic) bond motifs is 1. The summed E-state index contributed by atoms with van der Waals surface area (Å²) in [5.74, 6) is 0.221. The zero-order chi connectivity index (χ0) is 17.5. The molecule has 0 spiro atoms. The van der Waals surface area contributed by atoms with E-state index in [1.54, 1.807) is 18.9 Å². The maximum absolute atomic E-state index is 12.6. The number of anilines is 1. The third-order valence-corrected chi connectivity index (χ3v) is 6.80. The molecule has 3 aromatic heterocycles. The molecule has 2 N–H and O–H groups in total. The number of aromatic nitrogens is 5.